The van der Waals surface area contributed by atoms with Crippen LogP contribution in [0.3, 0.4) is 0 Å². The Balaban J connectivity index is 3.10. The fourth-order valence-corrected chi connectivity index (χ4v) is 1.43. The standard InChI is InChI=1S/C13H13FO3/c1-4-13(17-8-16-3)11-6-5-10(14)7-12(11)9(2)15/h1,5-7,13H,8H2,2-3H3. The van der Waals surface area contributed by atoms with Crippen LogP contribution in [-0.4, -0.2) is 19.7 Å². The molecule has 17 heavy (non-hydrogen) atoms. The summed E-state index contributed by atoms with van der Waals surface area (Å²) in [5.41, 5.74) is 0.697. The molecule has 0 aliphatic carbocycles. The van der Waals surface area contributed by atoms with Crippen LogP contribution < -0.4 is 0 Å². The number of carbonyl (C=O) groups excluding carboxylic acids is 1. The van der Waals surface area contributed by atoms with E-state index < -0.39 is 11.9 Å². The molecule has 1 rings (SSSR count). The molecule has 4 heteroatoms. The number of Topliss-reactive ketones (excluding diaryl/α,β-unsaturated/α-hetero) is 1. The van der Waals surface area contributed by atoms with Gasteiger partial charge in [-0.3, -0.25) is 4.79 Å². The molecule has 0 radical (unpaired) electrons. The molecule has 0 saturated heterocycles. The molecule has 0 spiro atoms. The number of halogens is 1. The summed E-state index contributed by atoms with van der Waals surface area (Å²) >= 11 is 0. The minimum atomic E-state index is -0.727. The van der Waals surface area contributed by atoms with Gasteiger partial charge in [-0.1, -0.05) is 12.0 Å². The Bertz CT molecular complexity index is 448. The molecular formula is C13H13FO3. The fraction of sp³-hybridized carbons (Fsp3) is 0.308. The molecule has 90 valence electrons. The maximum Gasteiger partial charge on any atom is 0.160 e. The molecule has 0 amide bonds. The summed E-state index contributed by atoms with van der Waals surface area (Å²) in [5, 5.41) is 0. The second-order valence-electron chi connectivity index (χ2n) is 3.41. The predicted octanol–water partition coefficient (Wildman–Crippen LogP) is 2.32. The van der Waals surface area contributed by atoms with Gasteiger partial charge < -0.3 is 9.47 Å². The fourth-order valence-electron chi connectivity index (χ4n) is 1.43. The van der Waals surface area contributed by atoms with Gasteiger partial charge in [-0.15, -0.1) is 6.42 Å². The van der Waals surface area contributed by atoms with E-state index in [1.165, 1.54) is 26.2 Å². The van der Waals surface area contributed by atoms with Crippen molar-refractivity contribution in [3.05, 3.63) is 35.1 Å². The van der Waals surface area contributed by atoms with E-state index in [4.69, 9.17) is 15.9 Å². The SMILES string of the molecule is C#CC(OCOC)c1ccc(F)cc1C(C)=O. The van der Waals surface area contributed by atoms with E-state index in [9.17, 15) is 9.18 Å². The van der Waals surface area contributed by atoms with Crippen molar-refractivity contribution in [1.82, 2.24) is 0 Å². The van der Waals surface area contributed by atoms with E-state index in [1.54, 1.807) is 0 Å². The first-order chi connectivity index (χ1) is 8.10. The maximum absolute atomic E-state index is 13.1. The Morgan fingerprint density at radius 1 is 1.59 bits per heavy atom. The van der Waals surface area contributed by atoms with Crippen molar-refractivity contribution >= 4 is 5.78 Å². The Morgan fingerprint density at radius 3 is 2.82 bits per heavy atom. The molecule has 0 fully saturated rings. The number of terminal acetylenes is 1. The zero-order chi connectivity index (χ0) is 12.8. The highest BCUT2D eigenvalue weighted by Crippen LogP contribution is 2.22. The molecule has 0 aliphatic rings. The number of ether oxygens (including phenoxy) is 2. The van der Waals surface area contributed by atoms with Gasteiger partial charge >= 0.3 is 0 Å². The van der Waals surface area contributed by atoms with Crippen LogP contribution in [0.15, 0.2) is 18.2 Å². The first-order valence-corrected chi connectivity index (χ1v) is 4.97. The Morgan fingerprint density at radius 2 is 2.29 bits per heavy atom. The van der Waals surface area contributed by atoms with E-state index >= 15 is 0 Å². The summed E-state index contributed by atoms with van der Waals surface area (Å²) in [4.78, 5) is 11.4. The smallest absolute Gasteiger partial charge is 0.160 e. The van der Waals surface area contributed by atoms with E-state index in [0.29, 0.717) is 5.56 Å². The molecule has 0 aromatic heterocycles. The van der Waals surface area contributed by atoms with Gasteiger partial charge in [0.15, 0.2) is 5.78 Å². The lowest BCUT2D eigenvalue weighted by Gasteiger charge is -2.14. The second kappa shape index (κ2) is 6.14. The molecule has 3 nitrogen and oxygen atoms in total. The lowest BCUT2D eigenvalue weighted by atomic mass is 10.00. The number of benzene rings is 1. The van der Waals surface area contributed by atoms with Crippen LogP contribution in [0.2, 0.25) is 0 Å². The largest absolute Gasteiger partial charge is 0.359 e. The Kier molecular flexibility index (Phi) is 4.83. The zero-order valence-corrected chi connectivity index (χ0v) is 9.70. The van der Waals surface area contributed by atoms with Crippen molar-refractivity contribution in [1.29, 1.82) is 0 Å². The highest BCUT2D eigenvalue weighted by Gasteiger charge is 2.16. The van der Waals surface area contributed by atoms with Crippen LogP contribution in [-0.2, 0) is 9.47 Å². The van der Waals surface area contributed by atoms with Crippen molar-refractivity contribution in [3.8, 4) is 12.3 Å². The van der Waals surface area contributed by atoms with Crippen molar-refractivity contribution in [2.45, 2.75) is 13.0 Å². The van der Waals surface area contributed by atoms with Crippen LogP contribution >= 0.6 is 0 Å². The average molecular weight is 236 g/mol. The normalized spacial score (nSPS) is 11.9. The summed E-state index contributed by atoms with van der Waals surface area (Å²) in [5.74, 6) is 1.64. The lowest BCUT2D eigenvalue weighted by molar-refractivity contribution is -0.0536. The van der Waals surface area contributed by atoms with Crippen molar-refractivity contribution in [2.24, 2.45) is 0 Å². The van der Waals surface area contributed by atoms with Gasteiger partial charge in [0.05, 0.1) is 0 Å². The zero-order valence-electron chi connectivity index (χ0n) is 9.70. The molecule has 0 saturated carbocycles. The van der Waals surface area contributed by atoms with Crippen LogP contribution in [0.4, 0.5) is 4.39 Å². The molecule has 0 N–H and O–H groups in total. The van der Waals surface area contributed by atoms with Crippen LogP contribution in [0.1, 0.15) is 28.9 Å². The minimum absolute atomic E-state index is 0.00356. The summed E-state index contributed by atoms with van der Waals surface area (Å²) in [6.45, 7) is 1.35. The van der Waals surface area contributed by atoms with E-state index in [-0.39, 0.29) is 18.1 Å². The average Bonchev–Trinajstić information content (AvgIpc) is 2.31. The molecule has 1 aromatic rings. The van der Waals surface area contributed by atoms with Gasteiger partial charge in [-0.2, -0.15) is 0 Å². The molecular weight excluding hydrogens is 223 g/mol. The molecule has 0 aliphatic heterocycles. The number of rotatable bonds is 5. The van der Waals surface area contributed by atoms with Gasteiger partial charge in [-0.05, 0) is 19.1 Å². The third-order valence-electron chi connectivity index (χ3n) is 2.18. The van der Waals surface area contributed by atoms with Crippen LogP contribution in [0.25, 0.3) is 0 Å². The minimum Gasteiger partial charge on any atom is -0.359 e. The summed E-state index contributed by atoms with van der Waals surface area (Å²) in [6.07, 6.45) is 4.59. The van der Waals surface area contributed by atoms with E-state index in [2.05, 4.69) is 5.92 Å². The molecule has 0 heterocycles. The first kappa shape index (κ1) is 13.4. The van der Waals surface area contributed by atoms with Crippen molar-refractivity contribution in [2.75, 3.05) is 13.9 Å². The number of carbonyl (C=O) groups is 1. The third kappa shape index (κ3) is 3.38. The molecule has 1 aromatic carbocycles. The number of hydrogen-bond donors (Lipinski definition) is 0. The summed E-state index contributed by atoms with van der Waals surface area (Å²) in [6, 6.07) is 3.84. The Hall–Kier alpha value is -1.70. The van der Waals surface area contributed by atoms with Crippen molar-refractivity contribution in [3.63, 3.8) is 0 Å². The van der Waals surface area contributed by atoms with E-state index in [1.807, 2.05) is 0 Å². The quantitative estimate of drug-likeness (QED) is 0.447. The lowest BCUT2D eigenvalue weighted by Crippen LogP contribution is -2.10. The van der Waals surface area contributed by atoms with Crippen LogP contribution in [0.5, 0.6) is 0 Å². The van der Waals surface area contributed by atoms with E-state index in [0.717, 1.165) is 6.07 Å². The highest BCUT2D eigenvalue weighted by molar-refractivity contribution is 5.95. The van der Waals surface area contributed by atoms with Crippen LogP contribution in [0, 0.1) is 18.2 Å². The molecule has 1 atom stereocenters. The number of hydrogen-bond acceptors (Lipinski definition) is 3. The van der Waals surface area contributed by atoms with Gasteiger partial charge in [0.2, 0.25) is 0 Å². The van der Waals surface area contributed by atoms with Crippen molar-refractivity contribution < 1.29 is 18.7 Å². The first-order valence-electron chi connectivity index (χ1n) is 4.97. The molecule has 1 unspecified atom stereocenters. The van der Waals surface area contributed by atoms with Gasteiger partial charge in [-0.25, -0.2) is 4.39 Å². The van der Waals surface area contributed by atoms with Gasteiger partial charge in [0, 0.05) is 18.2 Å². The monoisotopic (exact) mass is 236 g/mol. The van der Waals surface area contributed by atoms with Gasteiger partial charge in [0.25, 0.3) is 0 Å². The number of ketones is 1. The highest BCUT2D eigenvalue weighted by atomic mass is 19.1. The maximum atomic E-state index is 13.1. The molecule has 0 bridgehead atoms. The summed E-state index contributed by atoms with van der Waals surface area (Å²) < 4.78 is 23.0. The topological polar surface area (TPSA) is 35.5 Å². The Labute approximate surface area is 99.5 Å². The van der Waals surface area contributed by atoms with Gasteiger partial charge in [0.1, 0.15) is 18.7 Å². The predicted molar refractivity (Wildman–Crippen MR) is 60.9 cm³/mol. The summed E-state index contributed by atoms with van der Waals surface area (Å²) in [7, 11) is 1.46. The third-order valence-corrected chi connectivity index (χ3v) is 2.18. The second-order valence-corrected chi connectivity index (χ2v) is 3.41. The number of methoxy groups -OCH3 is 1.